The van der Waals surface area contributed by atoms with Crippen LogP contribution in [0.2, 0.25) is 0 Å². The number of anilines is 1. The molecule has 3 aromatic carbocycles. The number of aryl methyl sites for hydroxylation is 1. The number of ether oxygens (including phenoxy) is 2. The summed E-state index contributed by atoms with van der Waals surface area (Å²) in [6, 6.07) is 24.4. The number of nitrogens with two attached hydrogens (primary N) is 1. The van der Waals surface area contributed by atoms with Gasteiger partial charge in [0.05, 0.1) is 40.8 Å². The van der Waals surface area contributed by atoms with Crippen LogP contribution in [0.15, 0.2) is 79.0 Å². The molecule has 5 aromatic rings. The van der Waals surface area contributed by atoms with E-state index < -0.39 is 10.0 Å². The summed E-state index contributed by atoms with van der Waals surface area (Å²) < 4.78 is 15.4. The number of carbonyl (C=O) groups excluding carboxylic acids is 1. The molecule has 2 aromatic heterocycles. The number of benzene rings is 3. The molecule has 41 heavy (non-hydrogen) atoms. The summed E-state index contributed by atoms with van der Waals surface area (Å²) in [4.78, 5) is 13.8. The molecule has 0 bridgehead atoms. The monoisotopic (exact) mass is 567 g/mol. The van der Waals surface area contributed by atoms with Crippen LogP contribution < -0.4 is 10.5 Å². The van der Waals surface area contributed by atoms with Crippen molar-refractivity contribution in [2.45, 2.75) is 13.7 Å². The van der Waals surface area contributed by atoms with Crippen LogP contribution in [-0.4, -0.2) is 51.3 Å². The highest BCUT2D eigenvalue weighted by Crippen LogP contribution is 2.34. The number of aromatic nitrogens is 3. The number of para-hydroxylation sites is 2. The van der Waals surface area contributed by atoms with Gasteiger partial charge in [-0.05, 0) is 73.7 Å². The molecule has 9 heteroatoms. The van der Waals surface area contributed by atoms with Gasteiger partial charge in [0.2, 0.25) is 5.78 Å². The molecule has 0 aliphatic heterocycles. The van der Waals surface area contributed by atoms with E-state index in [0.29, 0.717) is 34.9 Å². The van der Waals surface area contributed by atoms with E-state index in [-0.39, 0.29) is 18.3 Å². The van der Waals surface area contributed by atoms with Gasteiger partial charge in [0.25, 0.3) is 0 Å². The van der Waals surface area contributed by atoms with Gasteiger partial charge < -0.3 is 19.8 Å². The Morgan fingerprint density at radius 2 is 1.80 bits per heavy atom. The van der Waals surface area contributed by atoms with Crippen molar-refractivity contribution in [2.75, 3.05) is 36.9 Å². The van der Waals surface area contributed by atoms with E-state index in [4.69, 9.17) is 15.2 Å². The van der Waals surface area contributed by atoms with Gasteiger partial charge in [-0.3, -0.25) is 4.79 Å². The lowest BCUT2D eigenvalue weighted by molar-refractivity contribution is 0.0861. The molecule has 0 saturated heterocycles. The highest BCUT2D eigenvalue weighted by atomic mass is 32.3. The molecule has 210 valence electrons. The van der Waals surface area contributed by atoms with Crippen LogP contribution in [0, 0.1) is 18.3 Å². The molecule has 8 nitrogen and oxygen atoms in total. The van der Waals surface area contributed by atoms with Crippen molar-refractivity contribution in [3.8, 4) is 23.3 Å². The fraction of sp³-hybridized carbons (Fsp3) is 0.219. The standard InChI is InChI=1S/C32H33N5O3S/c1-22-17-25(40-30-12-8-6-10-24(30)19-33)13-14-27(22)37-32(34)26(20-35-37)31(38)29-18-23-9-5-7-11-28(23)36(29)21-39-15-16-41(2,3)4/h5-14,17-18,20H,15-16,21,34H2,1-4H3. The van der Waals surface area contributed by atoms with Crippen LogP contribution >= 0.6 is 10.0 Å². The zero-order chi connectivity index (χ0) is 29.1. The lowest BCUT2D eigenvalue weighted by atomic mass is 10.1. The minimum absolute atomic E-state index is 0.222. The van der Waals surface area contributed by atoms with Gasteiger partial charge in [-0.15, -0.1) is 0 Å². The third-order valence-electron chi connectivity index (χ3n) is 6.79. The Labute approximate surface area is 241 Å². The molecule has 5 rings (SSSR count). The molecule has 0 fully saturated rings. The van der Waals surface area contributed by atoms with Crippen molar-refractivity contribution in [3.05, 3.63) is 101 Å². The third kappa shape index (κ3) is 5.99. The maximum absolute atomic E-state index is 13.8. The number of nitrogen functional groups attached to an aromatic ring is 1. The lowest BCUT2D eigenvalue weighted by Gasteiger charge is -2.24. The first-order chi connectivity index (χ1) is 19.7. The number of rotatable bonds is 10. The first-order valence-corrected chi connectivity index (χ1v) is 16.2. The van der Waals surface area contributed by atoms with Crippen LogP contribution in [0.3, 0.4) is 0 Å². The zero-order valence-electron chi connectivity index (χ0n) is 23.6. The predicted octanol–water partition coefficient (Wildman–Crippen LogP) is 6.28. The minimum Gasteiger partial charge on any atom is -0.456 e. The van der Waals surface area contributed by atoms with Crippen LogP contribution in [-0.2, 0) is 11.5 Å². The first-order valence-electron chi connectivity index (χ1n) is 13.1. The van der Waals surface area contributed by atoms with Crippen LogP contribution in [0.5, 0.6) is 11.5 Å². The van der Waals surface area contributed by atoms with E-state index >= 15 is 0 Å². The Morgan fingerprint density at radius 1 is 1.05 bits per heavy atom. The zero-order valence-corrected chi connectivity index (χ0v) is 24.4. The molecule has 0 atom stereocenters. The Morgan fingerprint density at radius 3 is 2.56 bits per heavy atom. The van der Waals surface area contributed by atoms with Crippen molar-refractivity contribution in [3.63, 3.8) is 0 Å². The van der Waals surface area contributed by atoms with Crippen molar-refractivity contribution < 1.29 is 14.3 Å². The van der Waals surface area contributed by atoms with Gasteiger partial charge in [-0.2, -0.15) is 10.4 Å². The van der Waals surface area contributed by atoms with E-state index in [1.165, 1.54) is 6.20 Å². The molecule has 0 saturated carbocycles. The smallest absolute Gasteiger partial charge is 0.214 e. The Balaban J connectivity index is 1.42. The van der Waals surface area contributed by atoms with Crippen molar-refractivity contribution in [1.29, 1.82) is 5.26 Å². The summed E-state index contributed by atoms with van der Waals surface area (Å²) >= 11 is 0. The van der Waals surface area contributed by atoms with Gasteiger partial charge in [0.15, 0.2) is 0 Å². The van der Waals surface area contributed by atoms with Gasteiger partial charge in [0, 0.05) is 11.1 Å². The maximum atomic E-state index is 13.8. The van der Waals surface area contributed by atoms with Crippen molar-refractivity contribution in [1.82, 2.24) is 14.3 Å². The molecular weight excluding hydrogens is 534 g/mol. The lowest BCUT2D eigenvalue weighted by Crippen LogP contribution is -2.15. The summed E-state index contributed by atoms with van der Waals surface area (Å²) in [7, 11) is -0.681. The Bertz CT molecular complexity index is 1770. The summed E-state index contributed by atoms with van der Waals surface area (Å²) in [5.74, 6) is 2.07. The van der Waals surface area contributed by atoms with E-state index in [1.807, 2.05) is 60.0 Å². The average molecular weight is 568 g/mol. The van der Waals surface area contributed by atoms with Crippen molar-refractivity contribution in [2.24, 2.45) is 0 Å². The summed E-state index contributed by atoms with van der Waals surface area (Å²) in [6.45, 7) is 2.81. The van der Waals surface area contributed by atoms with E-state index in [0.717, 1.165) is 27.9 Å². The first kappa shape index (κ1) is 28.0. The average Bonchev–Trinajstić information content (AvgIpc) is 3.51. The van der Waals surface area contributed by atoms with Gasteiger partial charge >= 0.3 is 0 Å². The fourth-order valence-corrected chi connectivity index (χ4v) is 5.19. The number of nitrogens with zero attached hydrogens (tertiary/aromatic N) is 4. The molecule has 0 radical (unpaired) electrons. The van der Waals surface area contributed by atoms with Gasteiger partial charge in [0.1, 0.15) is 30.1 Å². The molecule has 0 aliphatic rings. The highest BCUT2D eigenvalue weighted by Gasteiger charge is 2.23. The van der Waals surface area contributed by atoms with Crippen LogP contribution in [0.4, 0.5) is 5.82 Å². The molecule has 2 heterocycles. The Kier molecular flexibility index (Phi) is 7.88. The molecule has 0 unspecified atom stereocenters. The fourth-order valence-electron chi connectivity index (χ4n) is 4.57. The van der Waals surface area contributed by atoms with E-state index in [1.54, 1.807) is 28.9 Å². The van der Waals surface area contributed by atoms with E-state index in [2.05, 4.69) is 29.9 Å². The van der Waals surface area contributed by atoms with Gasteiger partial charge in [-0.1, -0.05) is 30.3 Å². The van der Waals surface area contributed by atoms with E-state index in [9.17, 15) is 10.1 Å². The second-order valence-corrected chi connectivity index (χ2v) is 15.3. The second kappa shape index (κ2) is 11.5. The summed E-state index contributed by atoms with van der Waals surface area (Å²) in [6.07, 6.45) is 8.28. The number of carbonyl (C=O) groups is 1. The maximum Gasteiger partial charge on any atom is 0.214 e. The molecular formula is C32H33N5O3S. The molecule has 0 amide bonds. The van der Waals surface area contributed by atoms with Crippen LogP contribution in [0.25, 0.3) is 16.6 Å². The Hall–Kier alpha value is -4.52. The molecule has 0 aliphatic carbocycles. The quantitative estimate of drug-likeness (QED) is 0.157. The van der Waals surface area contributed by atoms with Crippen molar-refractivity contribution >= 4 is 32.5 Å². The minimum atomic E-state index is -0.681. The molecule has 2 N–H and O–H groups in total. The number of hydrogen-bond donors (Lipinski definition) is 1. The number of ketones is 1. The summed E-state index contributed by atoms with van der Waals surface area (Å²) in [5.41, 5.74) is 10.3. The normalized spacial score (nSPS) is 11.9. The third-order valence-corrected chi connectivity index (χ3v) is 8.18. The number of hydrogen-bond acceptors (Lipinski definition) is 6. The topological polar surface area (TPSA) is 108 Å². The molecule has 0 spiro atoms. The SMILES string of the molecule is Cc1cc(Oc2ccccc2C#N)ccc1-n1ncc(C(=O)c2cc3ccccc3n2COCCS(C)(C)C)c1N. The van der Waals surface area contributed by atoms with Gasteiger partial charge in [-0.25, -0.2) is 14.7 Å². The van der Waals surface area contributed by atoms with Crippen LogP contribution in [0.1, 0.15) is 27.2 Å². The number of nitriles is 1. The second-order valence-electron chi connectivity index (χ2n) is 10.7. The largest absolute Gasteiger partial charge is 0.456 e. The summed E-state index contributed by atoms with van der Waals surface area (Å²) in [5, 5.41) is 14.8. The predicted molar refractivity (Wildman–Crippen MR) is 165 cm³/mol. The number of fused-ring (bicyclic) bond motifs is 1. The highest BCUT2D eigenvalue weighted by molar-refractivity contribution is 8.32.